The smallest absolute Gasteiger partial charge is 0.230 e. The van der Waals surface area contributed by atoms with Gasteiger partial charge in [0.25, 0.3) is 0 Å². The Morgan fingerprint density at radius 3 is 2.89 bits per heavy atom. The second-order valence-electron chi connectivity index (χ2n) is 4.61. The SMILES string of the molecule is CNC(C)C(=O)c1ccc2c(c1)N(C)C(=O)CCO2. The molecule has 0 fully saturated rings. The van der Waals surface area contributed by atoms with Crippen molar-refractivity contribution >= 4 is 17.4 Å². The monoisotopic (exact) mass is 262 g/mol. The van der Waals surface area contributed by atoms with Gasteiger partial charge in [-0.15, -0.1) is 0 Å². The highest BCUT2D eigenvalue weighted by Crippen LogP contribution is 2.31. The fraction of sp³-hybridized carbons (Fsp3) is 0.429. The van der Waals surface area contributed by atoms with Gasteiger partial charge in [0.05, 0.1) is 24.8 Å². The van der Waals surface area contributed by atoms with Crippen LogP contribution in [0.4, 0.5) is 5.69 Å². The first-order valence-corrected chi connectivity index (χ1v) is 6.29. The van der Waals surface area contributed by atoms with E-state index in [0.717, 1.165) is 0 Å². The zero-order chi connectivity index (χ0) is 14.0. The van der Waals surface area contributed by atoms with Crippen LogP contribution in [0.1, 0.15) is 23.7 Å². The van der Waals surface area contributed by atoms with Crippen molar-refractivity contribution in [2.45, 2.75) is 19.4 Å². The highest BCUT2D eigenvalue weighted by atomic mass is 16.5. The fourth-order valence-electron chi connectivity index (χ4n) is 1.99. The molecule has 19 heavy (non-hydrogen) atoms. The minimum atomic E-state index is -0.259. The summed E-state index contributed by atoms with van der Waals surface area (Å²) >= 11 is 0. The maximum absolute atomic E-state index is 12.1. The van der Waals surface area contributed by atoms with E-state index in [4.69, 9.17) is 4.74 Å². The topological polar surface area (TPSA) is 58.6 Å². The van der Waals surface area contributed by atoms with Crippen molar-refractivity contribution in [3.05, 3.63) is 23.8 Å². The summed E-state index contributed by atoms with van der Waals surface area (Å²) in [5.74, 6) is 0.627. The van der Waals surface area contributed by atoms with Crippen molar-refractivity contribution in [3.63, 3.8) is 0 Å². The van der Waals surface area contributed by atoms with Crippen LogP contribution in [-0.4, -0.2) is 38.4 Å². The largest absolute Gasteiger partial charge is 0.491 e. The van der Waals surface area contributed by atoms with Crippen LogP contribution >= 0.6 is 0 Å². The standard InChI is InChI=1S/C14H18N2O3/c1-9(15-2)14(18)10-4-5-12-11(8-10)16(3)13(17)6-7-19-12/h4-5,8-9,15H,6-7H2,1-3H3. The Morgan fingerprint density at radius 1 is 1.47 bits per heavy atom. The Labute approximate surface area is 112 Å². The molecule has 0 bridgehead atoms. The number of hydrogen-bond acceptors (Lipinski definition) is 4. The van der Waals surface area contributed by atoms with E-state index >= 15 is 0 Å². The van der Waals surface area contributed by atoms with Gasteiger partial charge < -0.3 is 15.0 Å². The molecule has 1 N–H and O–H groups in total. The number of ketones is 1. The first-order valence-electron chi connectivity index (χ1n) is 6.29. The lowest BCUT2D eigenvalue weighted by molar-refractivity contribution is -0.118. The van der Waals surface area contributed by atoms with Crippen molar-refractivity contribution < 1.29 is 14.3 Å². The highest BCUT2D eigenvalue weighted by Gasteiger charge is 2.22. The predicted molar refractivity (Wildman–Crippen MR) is 72.8 cm³/mol. The molecule has 1 aliphatic heterocycles. The lowest BCUT2D eigenvalue weighted by atomic mass is 10.0. The van der Waals surface area contributed by atoms with Gasteiger partial charge in [0, 0.05) is 12.6 Å². The van der Waals surface area contributed by atoms with Crippen LogP contribution in [0, 0.1) is 0 Å². The molecule has 1 amide bonds. The van der Waals surface area contributed by atoms with Crippen molar-refractivity contribution in [3.8, 4) is 5.75 Å². The molecule has 1 aliphatic rings. The number of nitrogens with zero attached hydrogens (tertiary/aromatic N) is 1. The van der Waals surface area contributed by atoms with Gasteiger partial charge in [0.15, 0.2) is 5.78 Å². The van der Waals surface area contributed by atoms with E-state index in [-0.39, 0.29) is 17.7 Å². The number of benzene rings is 1. The number of nitrogens with one attached hydrogen (secondary N) is 1. The molecular formula is C14H18N2O3. The van der Waals surface area contributed by atoms with Crippen LogP contribution in [0.5, 0.6) is 5.75 Å². The zero-order valence-electron chi connectivity index (χ0n) is 11.4. The molecule has 1 atom stereocenters. The molecule has 0 aromatic heterocycles. The summed E-state index contributed by atoms with van der Waals surface area (Å²) in [5.41, 5.74) is 1.22. The van der Waals surface area contributed by atoms with E-state index in [1.165, 1.54) is 0 Å². The van der Waals surface area contributed by atoms with E-state index < -0.39 is 0 Å². The lowest BCUT2D eigenvalue weighted by Gasteiger charge is -2.18. The summed E-state index contributed by atoms with van der Waals surface area (Å²) in [6.45, 7) is 2.18. The molecule has 0 radical (unpaired) electrons. The molecule has 102 valence electrons. The molecule has 1 aromatic rings. The Morgan fingerprint density at radius 2 is 2.21 bits per heavy atom. The number of amides is 1. The molecule has 0 aliphatic carbocycles. The number of Topliss-reactive ketones (excluding diaryl/α,β-unsaturated/α-hetero) is 1. The number of likely N-dealkylation sites (N-methyl/N-ethyl adjacent to an activating group) is 1. The number of rotatable bonds is 3. The van der Waals surface area contributed by atoms with Crippen molar-refractivity contribution in [2.24, 2.45) is 0 Å². The van der Waals surface area contributed by atoms with Crippen LogP contribution in [0.3, 0.4) is 0 Å². The number of carbonyl (C=O) groups excluding carboxylic acids is 2. The summed E-state index contributed by atoms with van der Waals surface area (Å²) in [7, 11) is 3.44. The maximum atomic E-state index is 12.1. The minimum Gasteiger partial charge on any atom is -0.491 e. The van der Waals surface area contributed by atoms with E-state index in [1.54, 1.807) is 44.1 Å². The number of ether oxygens (including phenoxy) is 1. The molecule has 0 saturated carbocycles. The van der Waals surface area contributed by atoms with Crippen molar-refractivity contribution in [2.75, 3.05) is 25.6 Å². The normalized spacial score (nSPS) is 16.4. The third-order valence-electron chi connectivity index (χ3n) is 3.38. The van der Waals surface area contributed by atoms with E-state index in [1.807, 2.05) is 0 Å². The quantitative estimate of drug-likeness (QED) is 0.832. The Hall–Kier alpha value is -1.88. The number of carbonyl (C=O) groups is 2. The number of hydrogen-bond donors (Lipinski definition) is 1. The summed E-state index contributed by atoms with van der Waals surface area (Å²) in [6, 6.07) is 4.94. The number of anilines is 1. The van der Waals surface area contributed by atoms with Gasteiger partial charge in [-0.05, 0) is 32.2 Å². The Balaban J connectivity index is 2.39. The van der Waals surface area contributed by atoms with Gasteiger partial charge in [-0.1, -0.05) is 0 Å². The second-order valence-corrected chi connectivity index (χ2v) is 4.61. The summed E-state index contributed by atoms with van der Waals surface area (Å²) < 4.78 is 5.52. The van der Waals surface area contributed by atoms with Gasteiger partial charge in [-0.25, -0.2) is 0 Å². The Bertz CT molecular complexity index is 513. The van der Waals surface area contributed by atoms with Gasteiger partial charge in [0.1, 0.15) is 5.75 Å². The van der Waals surface area contributed by atoms with E-state index in [2.05, 4.69) is 5.32 Å². The summed E-state index contributed by atoms with van der Waals surface area (Å²) in [4.78, 5) is 25.5. The molecule has 1 unspecified atom stereocenters. The zero-order valence-corrected chi connectivity index (χ0v) is 11.4. The second kappa shape index (κ2) is 5.40. The first kappa shape index (κ1) is 13.5. The molecule has 1 aromatic carbocycles. The van der Waals surface area contributed by atoms with Crippen molar-refractivity contribution in [1.82, 2.24) is 5.32 Å². The van der Waals surface area contributed by atoms with Crippen LogP contribution < -0.4 is 15.0 Å². The molecule has 2 rings (SSSR count). The molecular weight excluding hydrogens is 244 g/mol. The lowest BCUT2D eigenvalue weighted by Crippen LogP contribution is -2.31. The third-order valence-corrected chi connectivity index (χ3v) is 3.38. The van der Waals surface area contributed by atoms with E-state index in [9.17, 15) is 9.59 Å². The van der Waals surface area contributed by atoms with E-state index in [0.29, 0.717) is 30.0 Å². The molecule has 0 spiro atoms. The van der Waals surface area contributed by atoms with Gasteiger partial charge in [0.2, 0.25) is 5.91 Å². The molecule has 5 nitrogen and oxygen atoms in total. The highest BCUT2D eigenvalue weighted by molar-refractivity contribution is 6.02. The Kier molecular flexibility index (Phi) is 3.85. The molecule has 1 heterocycles. The molecule has 0 saturated heterocycles. The van der Waals surface area contributed by atoms with Gasteiger partial charge >= 0.3 is 0 Å². The van der Waals surface area contributed by atoms with Crippen LogP contribution in [0.25, 0.3) is 0 Å². The average Bonchev–Trinajstić information content (AvgIpc) is 2.57. The predicted octanol–water partition coefficient (Wildman–Crippen LogP) is 1.22. The minimum absolute atomic E-state index is 0.00426. The number of fused-ring (bicyclic) bond motifs is 1. The van der Waals surface area contributed by atoms with Crippen LogP contribution in [0.15, 0.2) is 18.2 Å². The maximum Gasteiger partial charge on any atom is 0.230 e. The average molecular weight is 262 g/mol. The molecule has 5 heteroatoms. The summed E-state index contributed by atoms with van der Waals surface area (Å²) in [6.07, 6.45) is 0.349. The van der Waals surface area contributed by atoms with Gasteiger partial charge in [-0.3, -0.25) is 9.59 Å². The third kappa shape index (κ3) is 2.61. The van der Waals surface area contributed by atoms with Gasteiger partial charge in [-0.2, -0.15) is 0 Å². The fourth-order valence-corrected chi connectivity index (χ4v) is 1.99. The van der Waals surface area contributed by atoms with Crippen molar-refractivity contribution in [1.29, 1.82) is 0 Å². The first-order chi connectivity index (χ1) is 9.04. The summed E-state index contributed by atoms with van der Waals surface area (Å²) in [5, 5.41) is 2.91. The van der Waals surface area contributed by atoms with Crippen LogP contribution in [-0.2, 0) is 4.79 Å². The van der Waals surface area contributed by atoms with Crippen LogP contribution in [0.2, 0.25) is 0 Å².